The molecule has 1 atom stereocenters. The van der Waals surface area contributed by atoms with Gasteiger partial charge in [0.25, 0.3) is 5.91 Å². The molecule has 2 aromatic carbocycles. The number of nitrogens with one attached hydrogen (secondary N) is 1. The first-order chi connectivity index (χ1) is 13.4. The van der Waals surface area contributed by atoms with Crippen LogP contribution >= 0.6 is 38.9 Å². The second kappa shape index (κ2) is 7.31. The molecule has 4 rings (SSSR count). The Bertz CT molecular complexity index is 1070. The molecule has 1 aliphatic rings. The van der Waals surface area contributed by atoms with Gasteiger partial charge in [-0.25, -0.2) is 9.78 Å². The Morgan fingerprint density at radius 2 is 1.96 bits per heavy atom. The molecule has 1 unspecified atom stereocenters. The van der Waals surface area contributed by atoms with E-state index < -0.39 is 11.6 Å². The van der Waals surface area contributed by atoms with E-state index in [4.69, 9.17) is 11.6 Å². The maximum absolute atomic E-state index is 13.0. The largest absolute Gasteiger partial charge is 0.325 e. The topological polar surface area (TPSA) is 62.3 Å². The van der Waals surface area contributed by atoms with Crippen LogP contribution < -0.4 is 5.32 Å². The summed E-state index contributed by atoms with van der Waals surface area (Å²) in [6.07, 6.45) is 0. The van der Waals surface area contributed by atoms with Crippen molar-refractivity contribution in [3.63, 3.8) is 0 Å². The van der Waals surface area contributed by atoms with Crippen LogP contribution in [0.5, 0.6) is 0 Å². The van der Waals surface area contributed by atoms with Crippen molar-refractivity contribution in [3.05, 3.63) is 74.7 Å². The van der Waals surface area contributed by atoms with Gasteiger partial charge in [0.2, 0.25) is 0 Å². The van der Waals surface area contributed by atoms with Gasteiger partial charge in [-0.15, -0.1) is 11.3 Å². The van der Waals surface area contributed by atoms with Gasteiger partial charge in [0, 0.05) is 20.4 Å². The SMILES string of the molecule is CC1(c2ccc(Cl)cc2)NC(=O)N(Cc2csc(-c3cccc(Br)c3)n2)C1=O. The monoisotopic (exact) mass is 475 g/mol. The molecular formula is C20H15BrClN3O2S. The number of nitrogens with zero attached hydrogens (tertiary/aromatic N) is 2. The number of imide groups is 1. The molecule has 1 aliphatic heterocycles. The molecule has 1 N–H and O–H groups in total. The molecule has 3 aromatic rings. The zero-order valence-electron chi connectivity index (χ0n) is 14.8. The molecule has 28 heavy (non-hydrogen) atoms. The first kappa shape index (κ1) is 19.1. The summed E-state index contributed by atoms with van der Waals surface area (Å²) in [4.78, 5) is 31.3. The first-order valence-electron chi connectivity index (χ1n) is 8.47. The number of hydrogen-bond donors (Lipinski definition) is 1. The molecule has 1 aromatic heterocycles. The maximum Gasteiger partial charge on any atom is 0.325 e. The minimum atomic E-state index is -1.12. The van der Waals surface area contributed by atoms with Crippen molar-refractivity contribution >= 4 is 50.8 Å². The Hall–Kier alpha value is -2.22. The Morgan fingerprint density at radius 3 is 2.68 bits per heavy atom. The lowest BCUT2D eigenvalue weighted by atomic mass is 9.92. The fourth-order valence-corrected chi connectivity index (χ4v) is 4.45. The van der Waals surface area contributed by atoms with Crippen LogP contribution in [0.2, 0.25) is 5.02 Å². The van der Waals surface area contributed by atoms with Crippen LogP contribution in [0.1, 0.15) is 18.2 Å². The lowest BCUT2D eigenvalue weighted by molar-refractivity contribution is -0.131. The summed E-state index contributed by atoms with van der Waals surface area (Å²) < 4.78 is 0.967. The highest BCUT2D eigenvalue weighted by Crippen LogP contribution is 2.32. The standard InChI is InChI=1S/C20H15BrClN3O2S/c1-20(13-5-7-15(22)8-6-13)18(26)25(19(27)24-20)10-16-11-28-17(23-16)12-3-2-4-14(21)9-12/h2-9,11H,10H2,1H3,(H,24,27). The van der Waals surface area contributed by atoms with Gasteiger partial charge in [0.1, 0.15) is 10.5 Å². The van der Waals surface area contributed by atoms with E-state index in [1.807, 2.05) is 29.6 Å². The minimum Gasteiger partial charge on any atom is -0.319 e. The third-order valence-electron chi connectivity index (χ3n) is 4.64. The summed E-state index contributed by atoms with van der Waals surface area (Å²) >= 11 is 10.9. The highest BCUT2D eigenvalue weighted by atomic mass is 79.9. The highest BCUT2D eigenvalue weighted by molar-refractivity contribution is 9.10. The lowest BCUT2D eigenvalue weighted by Gasteiger charge is -2.22. The Kier molecular flexibility index (Phi) is 4.99. The molecular weight excluding hydrogens is 462 g/mol. The van der Waals surface area contributed by atoms with Crippen LogP contribution in [0.15, 0.2) is 58.4 Å². The van der Waals surface area contributed by atoms with E-state index in [0.29, 0.717) is 16.3 Å². The quantitative estimate of drug-likeness (QED) is 0.527. The molecule has 2 heterocycles. The number of halogens is 2. The average Bonchev–Trinajstić information content (AvgIpc) is 3.22. The number of benzene rings is 2. The van der Waals surface area contributed by atoms with E-state index in [9.17, 15) is 9.59 Å². The molecule has 1 fully saturated rings. The normalized spacial score (nSPS) is 19.2. The summed E-state index contributed by atoms with van der Waals surface area (Å²) in [7, 11) is 0. The maximum atomic E-state index is 13.0. The minimum absolute atomic E-state index is 0.123. The van der Waals surface area contributed by atoms with Gasteiger partial charge >= 0.3 is 6.03 Å². The molecule has 8 heteroatoms. The summed E-state index contributed by atoms with van der Waals surface area (Å²) in [5, 5.41) is 6.08. The fourth-order valence-electron chi connectivity index (χ4n) is 3.12. The smallest absolute Gasteiger partial charge is 0.319 e. The van der Waals surface area contributed by atoms with Crippen molar-refractivity contribution in [2.24, 2.45) is 0 Å². The van der Waals surface area contributed by atoms with Crippen molar-refractivity contribution in [1.29, 1.82) is 0 Å². The average molecular weight is 477 g/mol. The molecule has 142 valence electrons. The molecule has 3 amide bonds. The number of rotatable bonds is 4. The molecule has 0 spiro atoms. The molecule has 0 radical (unpaired) electrons. The van der Waals surface area contributed by atoms with Gasteiger partial charge in [-0.3, -0.25) is 9.69 Å². The van der Waals surface area contributed by atoms with Crippen LogP contribution in [0.25, 0.3) is 10.6 Å². The van der Waals surface area contributed by atoms with Crippen LogP contribution in [-0.4, -0.2) is 21.8 Å². The van der Waals surface area contributed by atoms with Crippen LogP contribution in [0.4, 0.5) is 4.79 Å². The lowest BCUT2D eigenvalue weighted by Crippen LogP contribution is -2.40. The zero-order chi connectivity index (χ0) is 19.9. The number of urea groups is 1. The van der Waals surface area contributed by atoms with Crippen molar-refractivity contribution in [2.75, 3.05) is 0 Å². The summed E-state index contributed by atoms with van der Waals surface area (Å²) in [6, 6.07) is 14.3. The first-order valence-corrected chi connectivity index (χ1v) is 10.5. The van der Waals surface area contributed by atoms with E-state index in [1.165, 1.54) is 16.2 Å². The van der Waals surface area contributed by atoms with Gasteiger partial charge in [0.05, 0.1) is 12.2 Å². The van der Waals surface area contributed by atoms with Crippen LogP contribution in [-0.2, 0) is 16.9 Å². The van der Waals surface area contributed by atoms with Crippen molar-refractivity contribution < 1.29 is 9.59 Å². The van der Waals surface area contributed by atoms with E-state index in [0.717, 1.165) is 15.0 Å². The molecule has 5 nitrogen and oxygen atoms in total. The van der Waals surface area contributed by atoms with E-state index >= 15 is 0 Å². The van der Waals surface area contributed by atoms with Crippen molar-refractivity contribution in [2.45, 2.75) is 19.0 Å². The fraction of sp³-hybridized carbons (Fsp3) is 0.150. The highest BCUT2D eigenvalue weighted by Gasteiger charge is 2.49. The van der Waals surface area contributed by atoms with Crippen molar-refractivity contribution in [1.82, 2.24) is 15.2 Å². The van der Waals surface area contributed by atoms with Gasteiger partial charge in [0.15, 0.2) is 0 Å². The predicted molar refractivity (Wildman–Crippen MR) is 113 cm³/mol. The molecule has 1 saturated heterocycles. The Morgan fingerprint density at radius 1 is 1.21 bits per heavy atom. The van der Waals surface area contributed by atoms with E-state index in [-0.39, 0.29) is 12.5 Å². The van der Waals surface area contributed by atoms with E-state index in [2.05, 4.69) is 26.2 Å². The van der Waals surface area contributed by atoms with Crippen molar-refractivity contribution in [3.8, 4) is 10.6 Å². The summed E-state index contributed by atoms with van der Waals surface area (Å²) in [5.41, 5.74) is 1.22. The predicted octanol–water partition coefficient (Wildman–Crippen LogP) is 5.19. The second-order valence-electron chi connectivity index (χ2n) is 6.61. The third kappa shape index (κ3) is 3.45. The Balaban J connectivity index is 1.56. The molecule has 0 bridgehead atoms. The number of thiazole rings is 1. The number of carbonyl (C=O) groups is 2. The number of aromatic nitrogens is 1. The number of carbonyl (C=O) groups excluding carboxylic acids is 2. The third-order valence-corrected chi connectivity index (χ3v) is 6.33. The summed E-state index contributed by atoms with van der Waals surface area (Å²) in [6.45, 7) is 1.82. The van der Waals surface area contributed by atoms with Crippen LogP contribution in [0, 0.1) is 0 Å². The molecule has 0 saturated carbocycles. The zero-order valence-corrected chi connectivity index (χ0v) is 17.9. The van der Waals surface area contributed by atoms with Gasteiger partial charge in [-0.1, -0.05) is 51.8 Å². The second-order valence-corrected chi connectivity index (χ2v) is 8.82. The van der Waals surface area contributed by atoms with Gasteiger partial charge < -0.3 is 5.32 Å². The molecule has 0 aliphatic carbocycles. The van der Waals surface area contributed by atoms with Crippen LogP contribution in [0.3, 0.4) is 0 Å². The number of amides is 3. The van der Waals surface area contributed by atoms with Gasteiger partial charge in [-0.05, 0) is 36.8 Å². The summed E-state index contributed by atoms with van der Waals surface area (Å²) in [5.74, 6) is -0.308. The van der Waals surface area contributed by atoms with Gasteiger partial charge in [-0.2, -0.15) is 0 Å². The van der Waals surface area contributed by atoms with E-state index in [1.54, 1.807) is 31.2 Å². The Labute approximate surface area is 179 Å². The number of hydrogen-bond acceptors (Lipinski definition) is 4.